The minimum absolute atomic E-state index is 0. The summed E-state index contributed by atoms with van der Waals surface area (Å²) in [6.45, 7) is 0.472. The fourth-order valence-electron chi connectivity index (χ4n) is 0.633. The van der Waals surface area contributed by atoms with Gasteiger partial charge < -0.3 is 23.4 Å². The minimum Gasteiger partial charge on any atom is -0.370 e. The van der Waals surface area contributed by atoms with Crippen molar-refractivity contribution in [2.75, 3.05) is 6.54 Å². The van der Waals surface area contributed by atoms with Crippen LogP contribution < -0.4 is 23.4 Å². The van der Waals surface area contributed by atoms with Gasteiger partial charge in [0, 0.05) is 6.54 Å². The third-order valence-electron chi connectivity index (χ3n) is 1.26. The van der Waals surface area contributed by atoms with E-state index >= 15 is 0 Å². The molecule has 0 saturated carbocycles. The van der Waals surface area contributed by atoms with Gasteiger partial charge >= 0.3 is 0 Å². The molecule has 1 unspecified atom stereocenters. The van der Waals surface area contributed by atoms with Crippen LogP contribution in [0.5, 0.6) is 0 Å². The van der Waals surface area contributed by atoms with Crippen molar-refractivity contribution in [1.82, 2.24) is 6.15 Å². The van der Waals surface area contributed by atoms with Gasteiger partial charge in [-0.25, -0.2) is 0 Å². The summed E-state index contributed by atoms with van der Waals surface area (Å²) < 4.78 is 0. The predicted octanol–water partition coefficient (Wildman–Crippen LogP) is -0.705. The summed E-state index contributed by atoms with van der Waals surface area (Å²) in [6, 6.07) is -0.610. The van der Waals surface area contributed by atoms with Gasteiger partial charge in [0.25, 0.3) is 0 Å². The third-order valence-corrected chi connectivity index (χ3v) is 1.54. The van der Waals surface area contributed by atoms with Crippen molar-refractivity contribution in [2.24, 2.45) is 22.2 Å². The third kappa shape index (κ3) is 9.06. The second-order valence-corrected chi connectivity index (χ2v) is 2.73. The van der Waals surface area contributed by atoms with Crippen LogP contribution in [-0.2, 0) is 4.79 Å². The van der Waals surface area contributed by atoms with Crippen LogP contribution >= 0.6 is 11.6 Å². The number of carbonyl (C=O) groups excluding carboxylic acids is 1. The van der Waals surface area contributed by atoms with Crippen LogP contribution in [0.4, 0.5) is 0 Å². The SMILES string of the molecule is N.NC(N)=NCCCC(N)C(=O)Cl. The van der Waals surface area contributed by atoms with Crippen molar-refractivity contribution in [3.8, 4) is 0 Å². The summed E-state index contributed by atoms with van der Waals surface area (Å²) in [5.41, 5.74) is 15.5. The molecule has 7 heteroatoms. The van der Waals surface area contributed by atoms with Crippen LogP contribution in [0.15, 0.2) is 4.99 Å². The van der Waals surface area contributed by atoms with Crippen LogP contribution in [0.3, 0.4) is 0 Å². The molecular formula is C6H16ClN5O. The van der Waals surface area contributed by atoms with Gasteiger partial charge in [0.05, 0.1) is 6.04 Å². The van der Waals surface area contributed by atoms with Gasteiger partial charge in [0.2, 0.25) is 5.24 Å². The van der Waals surface area contributed by atoms with E-state index in [-0.39, 0.29) is 12.1 Å². The van der Waals surface area contributed by atoms with Crippen molar-refractivity contribution in [1.29, 1.82) is 0 Å². The van der Waals surface area contributed by atoms with E-state index in [1.807, 2.05) is 0 Å². The standard InChI is InChI=1S/C6H13ClN4O.H3N/c7-5(12)4(8)2-1-3-11-6(9)10;/h4H,1-3,8H2,(H4,9,10,11);1H3. The number of guanidine groups is 1. The van der Waals surface area contributed by atoms with Gasteiger partial charge in [-0.15, -0.1) is 0 Å². The van der Waals surface area contributed by atoms with E-state index in [1.54, 1.807) is 0 Å². The molecule has 9 N–H and O–H groups in total. The number of aliphatic imine (C=N–C) groups is 1. The summed E-state index contributed by atoms with van der Waals surface area (Å²) in [5, 5.41) is -0.528. The van der Waals surface area contributed by atoms with Crippen molar-refractivity contribution in [2.45, 2.75) is 18.9 Å². The number of carbonyl (C=O) groups is 1. The van der Waals surface area contributed by atoms with Gasteiger partial charge in [0.1, 0.15) is 0 Å². The summed E-state index contributed by atoms with van der Waals surface area (Å²) in [6.07, 6.45) is 1.15. The molecule has 13 heavy (non-hydrogen) atoms. The molecule has 0 aromatic rings. The highest BCUT2D eigenvalue weighted by Crippen LogP contribution is 1.98. The lowest BCUT2D eigenvalue weighted by Crippen LogP contribution is -2.27. The first-order valence-corrected chi connectivity index (χ1v) is 3.92. The molecule has 0 spiro atoms. The molecule has 0 aromatic carbocycles. The molecule has 0 fully saturated rings. The van der Waals surface area contributed by atoms with Crippen LogP contribution in [0.2, 0.25) is 0 Å². The van der Waals surface area contributed by atoms with Crippen LogP contribution in [-0.4, -0.2) is 23.8 Å². The van der Waals surface area contributed by atoms with Crippen molar-refractivity contribution < 1.29 is 4.79 Å². The van der Waals surface area contributed by atoms with Gasteiger partial charge in [-0.3, -0.25) is 9.79 Å². The Morgan fingerprint density at radius 2 is 2.00 bits per heavy atom. The molecule has 78 valence electrons. The lowest BCUT2D eigenvalue weighted by molar-refractivity contribution is -0.112. The predicted molar refractivity (Wildman–Crippen MR) is 53.8 cm³/mol. The largest absolute Gasteiger partial charge is 0.370 e. The Morgan fingerprint density at radius 3 is 2.38 bits per heavy atom. The van der Waals surface area contributed by atoms with Crippen molar-refractivity contribution in [3.63, 3.8) is 0 Å². The number of hydrogen-bond acceptors (Lipinski definition) is 4. The van der Waals surface area contributed by atoms with E-state index in [0.29, 0.717) is 19.4 Å². The quantitative estimate of drug-likeness (QED) is 0.205. The van der Waals surface area contributed by atoms with E-state index in [9.17, 15) is 4.79 Å². The molecule has 6 nitrogen and oxygen atoms in total. The Kier molecular flexibility index (Phi) is 8.78. The molecule has 0 aromatic heterocycles. The Hall–Kier alpha value is -0.850. The first kappa shape index (κ1) is 14.7. The Balaban J connectivity index is 0. The summed E-state index contributed by atoms with van der Waals surface area (Å²) in [7, 11) is 0. The Morgan fingerprint density at radius 1 is 1.46 bits per heavy atom. The summed E-state index contributed by atoms with van der Waals surface area (Å²) in [4.78, 5) is 14.1. The van der Waals surface area contributed by atoms with Crippen LogP contribution in [0.25, 0.3) is 0 Å². The number of rotatable bonds is 5. The first-order chi connectivity index (χ1) is 5.54. The minimum atomic E-state index is -0.610. The van der Waals surface area contributed by atoms with E-state index < -0.39 is 11.3 Å². The highest BCUT2D eigenvalue weighted by atomic mass is 35.5. The second kappa shape index (κ2) is 7.78. The zero-order chi connectivity index (χ0) is 9.56. The van der Waals surface area contributed by atoms with E-state index in [4.69, 9.17) is 28.8 Å². The molecule has 0 aliphatic carbocycles. The number of halogens is 1. The van der Waals surface area contributed by atoms with Gasteiger partial charge in [-0.2, -0.15) is 0 Å². The van der Waals surface area contributed by atoms with E-state index in [0.717, 1.165) is 0 Å². The monoisotopic (exact) mass is 209 g/mol. The Bertz CT molecular complexity index is 180. The molecule has 0 aliphatic rings. The summed E-state index contributed by atoms with van der Waals surface area (Å²) >= 11 is 5.12. The van der Waals surface area contributed by atoms with Crippen LogP contribution in [0.1, 0.15) is 12.8 Å². The number of hydrogen-bond donors (Lipinski definition) is 4. The molecule has 0 amide bonds. The normalized spacial score (nSPS) is 11.2. The lowest BCUT2D eigenvalue weighted by Gasteiger charge is -2.03. The molecule has 0 aliphatic heterocycles. The van der Waals surface area contributed by atoms with Crippen LogP contribution in [0, 0.1) is 0 Å². The van der Waals surface area contributed by atoms with Gasteiger partial charge in [0.15, 0.2) is 5.96 Å². The molecule has 0 radical (unpaired) electrons. The lowest BCUT2D eigenvalue weighted by atomic mass is 10.2. The average molecular weight is 210 g/mol. The van der Waals surface area contributed by atoms with Gasteiger partial charge in [-0.1, -0.05) is 0 Å². The average Bonchev–Trinajstić information content (AvgIpc) is 1.97. The smallest absolute Gasteiger partial charge is 0.238 e. The molecule has 0 rings (SSSR count). The van der Waals surface area contributed by atoms with Crippen molar-refractivity contribution >= 4 is 22.8 Å². The van der Waals surface area contributed by atoms with E-state index in [2.05, 4.69) is 4.99 Å². The topological polar surface area (TPSA) is 142 Å². The molecule has 1 atom stereocenters. The fourth-order valence-corrected chi connectivity index (χ4v) is 0.742. The van der Waals surface area contributed by atoms with Crippen molar-refractivity contribution in [3.05, 3.63) is 0 Å². The highest BCUT2D eigenvalue weighted by Gasteiger charge is 2.08. The maximum atomic E-state index is 10.4. The fraction of sp³-hybridized carbons (Fsp3) is 0.667. The van der Waals surface area contributed by atoms with E-state index in [1.165, 1.54) is 0 Å². The summed E-state index contributed by atoms with van der Waals surface area (Å²) in [5.74, 6) is 0.0424. The number of nitrogens with zero attached hydrogens (tertiary/aromatic N) is 1. The molecular weight excluding hydrogens is 194 g/mol. The molecule has 0 heterocycles. The maximum absolute atomic E-state index is 10.4. The molecule has 0 bridgehead atoms. The highest BCUT2D eigenvalue weighted by molar-refractivity contribution is 6.64. The zero-order valence-electron chi connectivity index (χ0n) is 7.37. The Labute approximate surface area is 82.1 Å². The first-order valence-electron chi connectivity index (χ1n) is 3.54. The maximum Gasteiger partial charge on any atom is 0.238 e. The number of nitrogens with two attached hydrogens (primary N) is 3. The second-order valence-electron chi connectivity index (χ2n) is 2.36. The zero-order valence-corrected chi connectivity index (χ0v) is 8.13. The van der Waals surface area contributed by atoms with Gasteiger partial charge in [-0.05, 0) is 24.4 Å². The molecule has 0 saturated heterocycles.